The maximum absolute atomic E-state index is 12.9. The molecule has 9 nitrogen and oxygen atoms in total. The molecule has 0 atom stereocenters. The summed E-state index contributed by atoms with van der Waals surface area (Å²) in [6.45, 7) is 2.80. The average Bonchev–Trinajstić information content (AvgIpc) is 3.35. The third-order valence-electron chi connectivity index (χ3n) is 4.65. The third kappa shape index (κ3) is 3.20. The molecule has 1 aliphatic rings. The van der Waals surface area contributed by atoms with Crippen LogP contribution in [-0.2, 0) is 0 Å². The highest BCUT2D eigenvalue weighted by atomic mass is 32.1. The lowest BCUT2D eigenvalue weighted by atomic mass is 10.1. The molecule has 0 radical (unpaired) electrons. The van der Waals surface area contributed by atoms with Crippen LogP contribution in [0.3, 0.4) is 0 Å². The lowest BCUT2D eigenvalue weighted by Crippen LogP contribution is -2.17. The van der Waals surface area contributed by atoms with Gasteiger partial charge in [-0.3, -0.25) is 4.79 Å². The van der Waals surface area contributed by atoms with Crippen molar-refractivity contribution in [1.29, 1.82) is 0 Å². The summed E-state index contributed by atoms with van der Waals surface area (Å²) in [6, 6.07) is 10.6. The number of nitrogens with one attached hydrogen (secondary N) is 1. The lowest BCUT2D eigenvalue weighted by molar-refractivity contribution is 0.102. The van der Waals surface area contributed by atoms with Gasteiger partial charge in [0.25, 0.3) is 5.91 Å². The number of hydrogen-bond acceptors (Lipinski definition) is 8. The predicted molar refractivity (Wildman–Crippen MR) is 111 cm³/mol. The number of ether oxygens (including phenoxy) is 3. The van der Waals surface area contributed by atoms with Crippen molar-refractivity contribution in [2.24, 2.45) is 0 Å². The standard InChI is InChI=1S/C20H17N5O4S/c1-11-22-23-20-25(11)24-19(30-20)13-4-5-15(27-2)14(9-13)21-18(26)12-3-6-16-17(10-12)29-8-7-28-16/h3-6,9-10H,7-8H2,1-2H3,(H,21,26). The van der Waals surface area contributed by atoms with Gasteiger partial charge in [0.15, 0.2) is 17.3 Å². The summed E-state index contributed by atoms with van der Waals surface area (Å²) in [4.78, 5) is 13.6. The fraction of sp³-hybridized carbons (Fsp3) is 0.200. The van der Waals surface area contributed by atoms with E-state index in [1.165, 1.54) is 11.3 Å². The summed E-state index contributed by atoms with van der Waals surface area (Å²) in [6.07, 6.45) is 0. The van der Waals surface area contributed by atoms with Gasteiger partial charge >= 0.3 is 0 Å². The fourth-order valence-corrected chi connectivity index (χ4v) is 4.03. The Morgan fingerprint density at radius 1 is 1.13 bits per heavy atom. The molecule has 2 aromatic carbocycles. The Kier molecular flexibility index (Phi) is 4.47. The maximum Gasteiger partial charge on any atom is 0.255 e. The number of rotatable bonds is 4. The average molecular weight is 423 g/mol. The van der Waals surface area contributed by atoms with Crippen molar-refractivity contribution in [2.45, 2.75) is 6.92 Å². The SMILES string of the molecule is COc1ccc(-c2nn3c(C)nnc3s2)cc1NC(=O)c1ccc2c(c1)OCCO2. The van der Waals surface area contributed by atoms with E-state index in [2.05, 4.69) is 20.6 Å². The van der Waals surface area contributed by atoms with Crippen LogP contribution < -0.4 is 19.5 Å². The van der Waals surface area contributed by atoms with Gasteiger partial charge in [-0.15, -0.1) is 10.2 Å². The zero-order chi connectivity index (χ0) is 20.7. The molecule has 30 heavy (non-hydrogen) atoms. The lowest BCUT2D eigenvalue weighted by Gasteiger charge is -2.19. The molecule has 1 N–H and O–H groups in total. The molecule has 0 bridgehead atoms. The van der Waals surface area contributed by atoms with Crippen LogP contribution in [0.25, 0.3) is 15.5 Å². The van der Waals surface area contributed by atoms with Gasteiger partial charge in [0.05, 0.1) is 12.8 Å². The highest BCUT2D eigenvalue weighted by molar-refractivity contribution is 7.19. The smallest absolute Gasteiger partial charge is 0.255 e. The number of anilines is 1. The minimum absolute atomic E-state index is 0.281. The van der Waals surface area contributed by atoms with E-state index in [1.54, 1.807) is 35.9 Å². The number of amides is 1. The van der Waals surface area contributed by atoms with Crippen molar-refractivity contribution in [1.82, 2.24) is 19.8 Å². The molecule has 152 valence electrons. The Hall–Kier alpha value is -3.66. The molecular formula is C20H17N5O4S. The Morgan fingerprint density at radius 3 is 2.77 bits per heavy atom. The fourth-order valence-electron chi connectivity index (χ4n) is 3.15. The minimum atomic E-state index is -0.281. The second-order valence-electron chi connectivity index (χ2n) is 6.58. The first kappa shape index (κ1) is 18.4. The molecule has 0 unspecified atom stereocenters. The molecule has 0 aliphatic carbocycles. The number of hydrogen-bond donors (Lipinski definition) is 1. The summed E-state index contributed by atoms with van der Waals surface area (Å²) in [5, 5.41) is 16.3. The van der Waals surface area contributed by atoms with Gasteiger partial charge in [-0.2, -0.15) is 9.61 Å². The van der Waals surface area contributed by atoms with Crippen LogP contribution in [-0.4, -0.2) is 46.0 Å². The van der Waals surface area contributed by atoms with E-state index in [4.69, 9.17) is 14.2 Å². The first-order valence-corrected chi connectivity index (χ1v) is 10.0. The Labute approximate surface area is 175 Å². The van der Waals surface area contributed by atoms with Gasteiger partial charge in [-0.25, -0.2) is 0 Å². The second-order valence-corrected chi connectivity index (χ2v) is 7.53. The minimum Gasteiger partial charge on any atom is -0.495 e. The van der Waals surface area contributed by atoms with Crippen LogP contribution in [0.1, 0.15) is 16.2 Å². The Bertz CT molecular complexity index is 1270. The van der Waals surface area contributed by atoms with E-state index in [9.17, 15) is 4.79 Å². The first-order chi connectivity index (χ1) is 14.6. The molecule has 1 aliphatic heterocycles. The van der Waals surface area contributed by atoms with E-state index in [0.717, 1.165) is 10.6 Å². The van der Waals surface area contributed by atoms with Crippen molar-refractivity contribution in [3.05, 3.63) is 47.8 Å². The summed E-state index contributed by atoms with van der Waals surface area (Å²) in [5.41, 5.74) is 1.84. The predicted octanol–water partition coefficient (Wildman–Crippen LogP) is 3.19. The molecule has 0 spiro atoms. The van der Waals surface area contributed by atoms with E-state index < -0.39 is 0 Å². The van der Waals surface area contributed by atoms with Crippen LogP contribution in [0.15, 0.2) is 36.4 Å². The molecule has 0 fully saturated rings. The van der Waals surface area contributed by atoms with Crippen LogP contribution >= 0.6 is 11.3 Å². The molecular weight excluding hydrogens is 406 g/mol. The molecule has 10 heteroatoms. The Balaban J connectivity index is 1.45. The summed E-state index contributed by atoms with van der Waals surface area (Å²) < 4.78 is 18.2. The number of carbonyl (C=O) groups excluding carboxylic acids is 1. The number of aromatic nitrogens is 4. The van der Waals surface area contributed by atoms with Crippen LogP contribution in [0.4, 0.5) is 5.69 Å². The van der Waals surface area contributed by atoms with Gasteiger partial charge in [0.1, 0.15) is 24.0 Å². The number of nitrogens with zero attached hydrogens (tertiary/aromatic N) is 4. The molecule has 0 saturated carbocycles. The van der Waals surface area contributed by atoms with Crippen molar-refractivity contribution in [3.8, 4) is 27.8 Å². The van der Waals surface area contributed by atoms with Gasteiger partial charge in [-0.1, -0.05) is 11.3 Å². The number of methoxy groups -OCH3 is 1. The first-order valence-electron chi connectivity index (χ1n) is 9.20. The molecule has 1 amide bonds. The van der Waals surface area contributed by atoms with E-state index >= 15 is 0 Å². The second kappa shape index (κ2) is 7.30. The third-order valence-corrected chi connectivity index (χ3v) is 5.59. The van der Waals surface area contributed by atoms with Gasteiger partial charge in [0, 0.05) is 11.1 Å². The van der Waals surface area contributed by atoms with E-state index in [-0.39, 0.29) is 5.91 Å². The van der Waals surface area contributed by atoms with Crippen molar-refractivity contribution >= 4 is 27.9 Å². The Morgan fingerprint density at radius 2 is 1.97 bits per heavy atom. The highest BCUT2D eigenvalue weighted by Gasteiger charge is 2.18. The van der Waals surface area contributed by atoms with Crippen molar-refractivity contribution in [2.75, 3.05) is 25.6 Å². The maximum atomic E-state index is 12.9. The molecule has 5 rings (SSSR count). The summed E-state index contributed by atoms with van der Waals surface area (Å²) in [5.74, 6) is 2.18. The van der Waals surface area contributed by atoms with Gasteiger partial charge in [-0.05, 0) is 43.3 Å². The van der Waals surface area contributed by atoms with Crippen LogP contribution in [0.2, 0.25) is 0 Å². The summed E-state index contributed by atoms with van der Waals surface area (Å²) in [7, 11) is 1.56. The topological polar surface area (TPSA) is 99.9 Å². The van der Waals surface area contributed by atoms with Crippen molar-refractivity contribution in [3.63, 3.8) is 0 Å². The number of carbonyl (C=O) groups is 1. The van der Waals surface area contributed by atoms with E-state index in [0.29, 0.717) is 52.5 Å². The van der Waals surface area contributed by atoms with Gasteiger partial charge in [0.2, 0.25) is 4.96 Å². The normalized spacial score (nSPS) is 12.7. The number of benzene rings is 2. The monoisotopic (exact) mass is 423 g/mol. The zero-order valence-corrected chi connectivity index (χ0v) is 17.0. The summed E-state index contributed by atoms with van der Waals surface area (Å²) >= 11 is 1.42. The largest absolute Gasteiger partial charge is 0.495 e. The van der Waals surface area contributed by atoms with Crippen LogP contribution in [0.5, 0.6) is 17.2 Å². The molecule has 4 aromatic rings. The molecule has 0 saturated heterocycles. The molecule has 3 heterocycles. The van der Waals surface area contributed by atoms with Gasteiger partial charge < -0.3 is 19.5 Å². The van der Waals surface area contributed by atoms with Crippen molar-refractivity contribution < 1.29 is 19.0 Å². The number of aryl methyl sites for hydroxylation is 1. The molecule has 2 aromatic heterocycles. The van der Waals surface area contributed by atoms with E-state index in [1.807, 2.05) is 19.1 Å². The highest BCUT2D eigenvalue weighted by Crippen LogP contribution is 2.34. The number of fused-ring (bicyclic) bond motifs is 2. The quantitative estimate of drug-likeness (QED) is 0.538. The zero-order valence-electron chi connectivity index (χ0n) is 16.2. The van der Waals surface area contributed by atoms with Crippen LogP contribution in [0, 0.1) is 6.92 Å².